The number of amides is 3. The quantitative estimate of drug-likeness (QED) is 0.664. The minimum Gasteiger partial charge on any atom is -0.326 e. The van der Waals surface area contributed by atoms with E-state index in [9.17, 15) is 14.4 Å². The van der Waals surface area contributed by atoms with Crippen molar-refractivity contribution in [1.82, 2.24) is 4.90 Å². The Hall–Kier alpha value is -3.73. The van der Waals surface area contributed by atoms with Gasteiger partial charge in [0.05, 0.1) is 17.5 Å². The monoisotopic (exact) mass is 398 g/mol. The lowest BCUT2D eigenvalue weighted by Gasteiger charge is -2.12. The van der Waals surface area contributed by atoms with Crippen molar-refractivity contribution in [3.8, 4) is 11.1 Å². The lowest BCUT2D eigenvalue weighted by atomic mass is 9.97. The van der Waals surface area contributed by atoms with Crippen molar-refractivity contribution in [2.24, 2.45) is 0 Å². The number of aryl methyl sites for hydroxylation is 2. The van der Waals surface area contributed by atoms with Crippen LogP contribution in [-0.2, 0) is 11.2 Å². The van der Waals surface area contributed by atoms with Crippen LogP contribution in [0.2, 0.25) is 0 Å². The Kier molecular flexibility index (Phi) is 4.96. The predicted octanol–water partition coefficient (Wildman–Crippen LogP) is 4.38. The molecule has 0 radical (unpaired) electrons. The third kappa shape index (κ3) is 3.50. The van der Waals surface area contributed by atoms with Crippen molar-refractivity contribution < 1.29 is 14.4 Å². The smallest absolute Gasteiger partial charge is 0.261 e. The maximum Gasteiger partial charge on any atom is 0.261 e. The molecule has 1 N–H and O–H groups in total. The van der Waals surface area contributed by atoms with Crippen LogP contribution in [0.15, 0.2) is 60.7 Å². The fourth-order valence-corrected chi connectivity index (χ4v) is 3.84. The summed E-state index contributed by atoms with van der Waals surface area (Å²) in [6.07, 6.45) is 0.0246. The van der Waals surface area contributed by atoms with Crippen molar-refractivity contribution in [2.75, 3.05) is 12.4 Å². The van der Waals surface area contributed by atoms with E-state index in [1.165, 1.54) is 7.05 Å². The number of nitrogens with zero attached hydrogens (tertiary/aromatic N) is 1. The molecule has 3 amide bonds. The second-order valence-electron chi connectivity index (χ2n) is 7.64. The standard InChI is InChI=1S/C25H22N2O3/c1-15-11-19(23-20(12-15)24(29)27(3)25(23)30)14-22(28)26-21-10-9-18(13-16(21)2)17-7-5-4-6-8-17/h4-13H,14H2,1-3H3,(H,26,28). The molecule has 30 heavy (non-hydrogen) atoms. The van der Waals surface area contributed by atoms with Gasteiger partial charge in [0.1, 0.15) is 0 Å². The van der Waals surface area contributed by atoms with Crippen LogP contribution < -0.4 is 5.32 Å². The number of hydrogen-bond donors (Lipinski definition) is 1. The molecule has 1 aliphatic rings. The van der Waals surface area contributed by atoms with Gasteiger partial charge in [0.2, 0.25) is 5.91 Å². The van der Waals surface area contributed by atoms with E-state index in [2.05, 4.69) is 5.32 Å². The lowest BCUT2D eigenvalue weighted by Crippen LogP contribution is -2.24. The van der Waals surface area contributed by atoms with E-state index in [4.69, 9.17) is 0 Å². The van der Waals surface area contributed by atoms with Crippen molar-refractivity contribution in [1.29, 1.82) is 0 Å². The van der Waals surface area contributed by atoms with E-state index in [0.717, 1.165) is 32.8 Å². The van der Waals surface area contributed by atoms with E-state index < -0.39 is 0 Å². The van der Waals surface area contributed by atoms with Crippen LogP contribution in [0.5, 0.6) is 0 Å². The molecule has 0 aromatic heterocycles. The minimum atomic E-state index is -0.360. The molecule has 0 spiro atoms. The number of fused-ring (bicyclic) bond motifs is 1. The van der Waals surface area contributed by atoms with E-state index in [-0.39, 0.29) is 24.1 Å². The number of imide groups is 1. The van der Waals surface area contributed by atoms with Crippen LogP contribution in [0.4, 0.5) is 5.69 Å². The Balaban J connectivity index is 1.56. The number of benzene rings is 3. The highest BCUT2D eigenvalue weighted by Crippen LogP contribution is 2.28. The Bertz CT molecular complexity index is 1180. The molecule has 4 rings (SSSR count). The van der Waals surface area contributed by atoms with Gasteiger partial charge in [-0.05, 0) is 59.9 Å². The van der Waals surface area contributed by atoms with Crippen LogP contribution in [0, 0.1) is 13.8 Å². The van der Waals surface area contributed by atoms with Gasteiger partial charge >= 0.3 is 0 Å². The molecule has 150 valence electrons. The Morgan fingerprint density at radius 2 is 1.63 bits per heavy atom. The molecule has 1 aliphatic heterocycles. The Morgan fingerprint density at radius 1 is 0.900 bits per heavy atom. The van der Waals surface area contributed by atoms with Crippen LogP contribution in [0.25, 0.3) is 11.1 Å². The summed E-state index contributed by atoms with van der Waals surface area (Å²) in [5.74, 6) is -0.915. The number of carbonyl (C=O) groups excluding carboxylic acids is 3. The first kappa shape index (κ1) is 19.6. The van der Waals surface area contributed by atoms with Gasteiger partial charge in [-0.25, -0.2) is 0 Å². The highest BCUT2D eigenvalue weighted by atomic mass is 16.2. The average Bonchev–Trinajstić information content (AvgIpc) is 2.94. The number of nitrogens with one attached hydrogen (secondary N) is 1. The molecule has 0 bridgehead atoms. The maximum absolute atomic E-state index is 12.7. The van der Waals surface area contributed by atoms with Crippen molar-refractivity contribution in [3.63, 3.8) is 0 Å². The third-order valence-electron chi connectivity index (χ3n) is 5.38. The summed E-state index contributed by atoms with van der Waals surface area (Å²) in [5.41, 5.74) is 5.98. The second-order valence-corrected chi connectivity index (χ2v) is 7.64. The van der Waals surface area contributed by atoms with Gasteiger partial charge in [0, 0.05) is 12.7 Å². The normalized spacial score (nSPS) is 12.8. The number of rotatable bonds is 4. The summed E-state index contributed by atoms with van der Waals surface area (Å²) >= 11 is 0. The number of hydrogen-bond acceptors (Lipinski definition) is 3. The van der Waals surface area contributed by atoms with Gasteiger partial charge in [-0.1, -0.05) is 42.5 Å². The molecule has 5 heteroatoms. The fraction of sp³-hybridized carbons (Fsp3) is 0.160. The Labute approximate surface area is 175 Å². The first-order valence-corrected chi connectivity index (χ1v) is 9.77. The molecule has 5 nitrogen and oxygen atoms in total. The largest absolute Gasteiger partial charge is 0.326 e. The maximum atomic E-state index is 12.7. The van der Waals surface area contributed by atoms with Crippen LogP contribution in [0.3, 0.4) is 0 Å². The van der Waals surface area contributed by atoms with Gasteiger partial charge in [-0.2, -0.15) is 0 Å². The molecule has 0 fully saturated rings. The van der Waals surface area contributed by atoms with Crippen molar-refractivity contribution in [3.05, 3.63) is 88.5 Å². The van der Waals surface area contributed by atoms with Gasteiger partial charge in [-0.15, -0.1) is 0 Å². The summed E-state index contributed by atoms with van der Waals surface area (Å²) in [6, 6.07) is 19.4. The SMILES string of the molecule is Cc1cc(CC(=O)Nc2ccc(-c3ccccc3)cc2C)c2c(c1)C(=O)N(C)C2=O. The van der Waals surface area contributed by atoms with Crippen molar-refractivity contribution in [2.45, 2.75) is 20.3 Å². The molecule has 0 saturated carbocycles. The molecule has 0 aliphatic carbocycles. The van der Waals surface area contributed by atoms with Crippen molar-refractivity contribution >= 4 is 23.4 Å². The lowest BCUT2D eigenvalue weighted by molar-refractivity contribution is -0.115. The molecule has 0 unspecified atom stereocenters. The van der Waals surface area contributed by atoms with E-state index >= 15 is 0 Å². The topological polar surface area (TPSA) is 66.5 Å². The van der Waals surface area contributed by atoms with Gasteiger partial charge in [0.15, 0.2) is 0 Å². The van der Waals surface area contributed by atoms with E-state index in [0.29, 0.717) is 16.7 Å². The molecule has 3 aromatic rings. The summed E-state index contributed by atoms with van der Waals surface area (Å²) in [5, 5.41) is 2.94. The number of anilines is 1. The minimum absolute atomic E-state index is 0.0246. The van der Waals surface area contributed by atoms with E-state index in [1.807, 2.05) is 62.4 Å². The summed E-state index contributed by atoms with van der Waals surface area (Å²) in [6.45, 7) is 3.80. The zero-order valence-corrected chi connectivity index (χ0v) is 17.2. The zero-order chi connectivity index (χ0) is 21.4. The second kappa shape index (κ2) is 7.59. The highest BCUT2D eigenvalue weighted by molar-refractivity contribution is 6.22. The van der Waals surface area contributed by atoms with E-state index in [1.54, 1.807) is 12.1 Å². The summed E-state index contributed by atoms with van der Waals surface area (Å²) in [7, 11) is 1.46. The molecule has 0 atom stereocenters. The van der Waals surface area contributed by atoms with Gasteiger partial charge in [-0.3, -0.25) is 19.3 Å². The first-order chi connectivity index (χ1) is 14.3. The highest BCUT2D eigenvalue weighted by Gasteiger charge is 2.35. The van der Waals surface area contributed by atoms with Crippen LogP contribution in [0.1, 0.15) is 37.4 Å². The van der Waals surface area contributed by atoms with Gasteiger partial charge < -0.3 is 5.32 Å². The fourth-order valence-electron chi connectivity index (χ4n) is 3.84. The summed E-state index contributed by atoms with van der Waals surface area (Å²) in [4.78, 5) is 38.6. The Morgan fingerprint density at radius 3 is 2.33 bits per heavy atom. The molecule has 1 heterocycles. The third-order valence-corrected chi connectivity index (χ3v) is 5.38. The number of carbonyl (C=O) groups is 3. The first-order valence-electron chi connectivity index (χ1n) is 9.77. The summed E-state index contributed by atoms with van der Waals surface area (Å²) < 4.78 is 0. The predicted molar refractivity (Wildman–Crippen MR) is 117 cm³/mol. The van der Waals surface area contributed by atoms with Crippen LogP contribution in [-0.4, -0.2) is 29.7 Å². The molecular formula is C25H22N2O3. The average molecular weight is 398 g/mol. The molecular weight excluding hydrogens is 376 g/mol. The zero-order valence-electron chi connectivity index (χ0n) is 17.2. The van der Waals surface area contributed by atoms with Crippen LogP contribution >= 0.6 is 0 Å². The molecule has 0 saturated heterocycles. The van der Waals surface area contributed by atoms with Gasteiger partial charge in [0.25, 0.3) is 11.8 Å². The molecule has 3 aromatic carbocycles.